The highest BCUT2D eigenvalue weighted by Crippen LogP contribution is 2.10. The first-order valence-electron chi connectivity index (χ1n) is 5.83. The van der Waals surface area contributed by atoms with Crippen LogP contribution in [0.15, 0.2) is 24.9 Å². The average molecular weight is 258 g/mol. The van der Waals surface area contributed by atoms with Crippen LogP contribution in [-0.2, 0) is 11.3 Å². The second-order valence-corrected chi connectivity index (χ2v) is 3.78. The van der Waals surface area contributed by atoms with Crippen LogP contribution in [0.4, 0.5) is 0 Å². The topological polar surface area (TPSA) is 69.9 Å². The largest absolute Gasteiger partial charge is 0.465 e. The lowest BCUT2D eigenvalue weighted by molar-refractivity contribution is 0.0599. The van der Waals surface area contributed by atoms with Gasteiger partial charge in [0.15, 0.2) is 0 Å². The summed E-state index contributed by atoms with van der Waals surface area (Å²) in [5.74, 6) is -0.454. The molecule has 0 bridgehead atoms. The number of carbonyl (C=O) groups excluding carboxylic acids is 1. The van der Waals surface area contributed by atoms with Crippen molar-refractivity contribution < 1.29 is 9.53 Å². The summed E-state index contributed by atoms with van der Waals surface area (Å²) in [5, 5.41) is 4.16. The molecule has 0 saturated heterocycles. The Hall–Kier alpha value is -2.50. The molecular weight excluding hydrogens is 244 g/mol. The lowest BCUT2D eigenvalue weighted by atomic mass is 10.2. The predicted molar refractivity (Wildman–Crippen MR) is 70.2 cm³/mol. The zero-order valence-electron chi connectivity index (χ0n) is 10.8. The summed E-state index contributed by atoms with van der Waals surface area (Å²) < 4.78 is 6.50. The van der Waals surface area contributed by atoms with Gasteiger partial charge in [-0.3, -0.25) is 4.68 Å². The molecule has 0 amide bonds. The molecule has 19 heavy (non-hydrogen) atoms. The third-order valence-electron chi connectivity index (χ3n) is 2.56. The molecule has 0 unspecified atom stereocenters. The van der Waals surface area contributed by atoms with Gasteiger partial charge in [-0.05, 0) is 19.1 Å². The van der Waals surface area contributed by atoms with Gasteiger partial charge in [-0.2, -0.15) is 5.10 Å². The fourth-order valence-corrected chi connectivity index (χ4v) is 1.55. The van der Waals surface area contributed by atoms with Crippen LogP contribution in [0.3, 0.4) is 0 Å². The molecule has 6 heteroatoms. The molecule has 2 rings (SSSR count). The number of hydrogen-bond acceptors (Lipinski definition) is 5. The van der Waals surface area contributed by atoms with Crippen LogP contribution in [-0.4, -0.2) is 32.8 Å². The lowest BCUT2D eigenvalue weighted by Crippen LogP contribution is -2.05. The standard InChI is InChI=1S/C13H14N4O2/c1-3-17-8-10(6-16-17)4-5-12-11(13(18)19-2)7-14-9-15-12/h4-9H,3H2,1-2H3. The normalized spacial score (nSPS) is 10.8. The molecule has 0 N–H and O–H groups in total. The molecular formula is C13H14N4O2. The van der Waals surface area contributed by atoms with E-state index < -0.39 is 5.97 Å². The third-order valence-corrected chi connectivity index (χ3v) is 2.56. The number of carbonyl (C=O) groups is 1. The SMILES string of the molecule is CCn1cc(C=Cc2ncncc2C(=O)OC)cn1. The minimum atomic E-state index is -0.454. The molecule has 2 aromatic rings. The van der Waals surface area contributed by atoms with Crippen molar-refractivity contribution in [3.8, 4) is 0 Å². The number of nitrogens with zero attached hydrogens (tertiary/aromatic N) is 4. The number of rotatable bonds is 4. The molecule has 2 aromatic heterocycles. The average Bonchev–Trinajstić information content (AvgIpc) is 2.92. The van der Waals surface area contributed by atoms with Crippen LogP contribution in [0.5, 0.6) is 0 Å². The second-order valence-electron chi connectivity index (χ2n) is 3.78. The van der Waals surface area contributed by atoms with Gasteiger partial charge in [-0.1, -0.05) is 0 Å². The first-order valence-corrected chi connectivity index (χ1v) is 5.83. The highest BCUT2D eigenvalue weighted by molar-refractivity contribution is 5.93. The summed E-state index contributed by atoms with van der Waals surface area (Å²) in [4.78, 5) is 19.4. The van der Waals surface area contributed by atoms with E-state index in [0.717, 1.165) is 12.1 Å². The number of methoxy groups -OCH3 is 1. The Kier molecular flexibility index (Phi) is 4.02. The fraction of sp³-hybridized carbons (Fsp3) is 0.231. The van der Waals surface area contributed by atoms with Gasteiger partial charge >= 0.3 is 5.97 Å². The van der Waals surface area contributed by atoms with Crippen molar-refractivity contribution >= 4 is 18.1 Å². The minimum Gasteiger partial charge on any atom is -0.465 e. The van der Waals surface area contributed by atoms with E-state index in [1.165, 1.54) is 19.6 Å². The molecule has 0 aliphatic heterocycles. The summed E-state index contributed by atoms with van der Waals surface area (Å²) in [6, 6.07) is 0. The number of aryl methyl sites for hydroxylation is 1. The Morgan fingerprint density at radius 1 is 1.42 bits per heavy atom. The van der Waals surface area contributed by atoms with Gasteiger partial charge in [0.1, 0.15) is 11.9 Å². The van der Waals surface area contributed by atoms with Crippen molar-refractivity contribution in [2.24, 2.45) is 0 Å². The molecule has 0 radical (unpaired) electrons. The first-order chi connectivity index (χ1) is 9.24. The number of hydrogen-bond donors (Lipinski definition) is 0. The van der Waals surface area contributed by atoms with E-state index in [-0.39, 0.29) is 0 Å². The van der Waals surface area contributed by atoms with Crippen molar-refractivity contribution in [3.63, 3.8) is 0 Å². The molecule has 0 atom stereocenters. The van der Waals surface area contributed by atoms with Crippen LogP contribution in [0.1, 0.15) is 28.5 Å². The Morgan fingerprint density at radius 2 is 2.26 bits per heavy atom. The summed E-state index contributed by atoms with van der Waals surface area (Å²) in [6.07, 6.45) is 10.1. The van der Waals surface area contributed by atoms with E-state index in [1.54, 1.807) is 12.3 Å². The third kappa shape index (κ3) is 3.04. The maximum Gasteiger partial charge on any atom is 0.341 e. The molecule has 0 aliphatic rings. The van der Waals surface area contributed by atoms with Crippen molar-refractivity contribution in [2.75, 3.05) is 7.11 Å². The molecule has 2 heterocycles. The van der Waals surface area contributed by atoms with E-state index in [2.05, 4.69) is 19.8 Å². The van der Waals surface area contributed by atoms with E-state index in [4.69, 9.17) is 0 Å². The van der Waals surface area contributed by atoms with Crippen LogP contribution in [0, 0.1) is 0 Å². The Balaban J connectivity index is 2.25. The van der Waals surface area contributed by atoms with Gasteiger partial charge in [-0.15, -0.1) is 0 Å². The van der Waals surface area contributed by atoms with Crippen molar-refractivity contribution in [1.82, 2.24) is 19.7 Å². The molecule has 98 valence electrons. The van der Waals surface area contributed by atoms with Crippen molar-refractivity contribution in [1.29, 1.82) is 0 Å². The molecule has 0 aliphatic carbocycles. The molecule has 0 spiro atoms. The van der Waals surface area contributed by atoms with Crippen molar-refractivity contribution in [3.05, 3.63) is 41.7 Å². The zero-order chi connectivity index (χ0) is 13.7. The first kappa shape index (κ1) is 12.9. The van der Waals surface area contributed by atoms with E-state index >= 15 is 0 Å². The summed E-state index contributed by atoms with van der Waals surface area (Å²) in [5.41, 5.74) is 1.80. The monoisotopic (exact) mass is 258 g/mol. The van der Waals surface area contributed by atoms with Gasteiger partial charge in [-0.25, -0.2) is 14.8 Å². The highest BCUT2D eigenvalue weighted by Gasteiger charge is 2.10. The number of aromatic nitrogens is 4. The second kappa shape index (κ2) is 5.90. The summed E-state index contributed by atoms with van der Waals surface area (Å²) in [7, 11) is 1.33. The Morgan fingerprint density at radius 3 is 2.95 bits per heavy atom. The van der Waals surface area contributed by atoms with E-state index in [1.807, 2.05) is 23.9 Å². The van der Waals surface area contributed by atoms with Gasteiger partial charge in [0.2, 0.25) is 0 Å². The van der Waals surface area contributed by atoms with Gasteiger partial charge < -0.3 is 4.74 Å². The molecule has 0 fully saturated rings. The fourth-order valence-electron chi connectivity index (χ4n) is 1.55. The predicted octanol–water partition coefficient (Wildman–Crippen LogP) is 1.65. The van der Waals surface area contributed by atoms with E-state index in [0.29, 0.717) is 11.3 Å². The van der Waals surface area contributed by atoms with Crippen LogP contribution >= 0.6 is 0 Å². The van der Waals surface area contributed by atoms with Crippen LogP contribution in [0.2, 0.25) is 0 Å². The smallest absolute Gasteiger partial charge is 0.341 e. The Bertz CT molecular complexity index is 604. The lowest BCUT2D eigenvalue weighted by Gasteiger charge is -2.01. The van der Waals surface area contributed by atoms with Gasteiger partial charge in [0.25, 0.3) is 0 Å². The molecule has 0 saturated carbocycles. The maximum absolute atomic E-state index is 11.5. The van der Waals surface area contributed by atoms with Crippen LogP contribution < -0.4 is 0 Å². The maximum atomic E-state index is 11.5. The number of esters is 1. The zero-order valence-corrected chi connectivity index (χ0v) is 10.8. The summed E-state index contributed by atoms with van der Waals surface area (Å²) in [6.45, 7) is 2.83. The van der Waals surface area contributed by atoms with Crippen molar-refractivity contribution in [2.45, 2.75) is 13.5 Å². The summed E-state index contributed by atoms with van der Waals surface area (Å²) >= 11 is 0. The van der Waals surface area contributed by atoms with Gasteiger partial charge in [0, 0.05) is 24.5 Å². The highest BCUT2D eigenvalue weighted by atomic mass is 16.5. The number of ether oxygens (including phenoxy) is 1. The van der Waals surface area contributed by atoms with Crippen LogP contribution in [0.25, 0.3) is 12.2 Å². The van der Waals surface area contributed by atoms with Gasteiger partial charge in [0.05, 0.1) is 19.0 Å². The quantitative estimate of drug-likeness (QED) is 0.780. The minimum absolute atomic E-state index is 0.337. The molecule has 0 aromatic carbocycles. The Labute approximate surface area is 110 Å². The molecule has 6 nitrogen and oxygen atoms in total. The van der Waals surface area contributed by atoms with E-state index in [9.17, 15) is 4.79 Å².